The zero-order valence-corrected chi connectivity index (χ0v) is 10.8. The minimum absolute atomic E-state index is 0.290. The van der Waals surface area contributed by atoms with Crippen molar-refractivity contribution in [3.8, 4) is 6.07 Å². The molecule has 0 aliphatic rings. The number of benzene rings is 1. The first kappa shape index (κ1) is 12.3. The number of nitrogens with one attached hydrogen (secondary N) is 1. The normalized spacial score (nSPS) is 10.0. The van der Waals surface area contributed by atoms with Crippen LogP contribution in [-0.2, 0) is 6.54 Å². The summed E-state index contributed by atoms with van der Waals surface area (Å²) in [7, 11) is 0. The van der Waals surface area contributed by atoms with Crippen molar-refractivity contribution in [2.45, 2.75) is 6.54 Å². The first-order chi connectivity index (χ1) is 8.60. The minimum Gasteiger partial charge on any atom is -0.295 e. The molecule has 0 aliphatic carbocycles. The number of halogens is 1. The van der Waals surface area contributed by atoms with E-state index in [1.54, 1.807) is 18.2 Å². The Morgan fingerprint density at radius 3 is 2.89 bits per heavy atom. The summed E-state index contributed by atoms with van der Waals surface area (Å²) in [5, 5.41) is 8.79. The Morgan fingerprint density at radius 1 is 1.39 bits per heavy atom. The molecule has 2 rings (SSSR count). The highest BCUT2D eigenvalue weighted by molar-refractivity contribution is 9.10. The van der Waals surface area contributed by atoms with E-state index in [2.05, 4.69) is 20.9 Å². The molecule has 0 radical (unpaired) electrons. The molecule has 18 heavy (non-hydrogen) atoms. The Morgan fingerprint density at radius 2 is 2.17 bits per heavy atom. The summed E-state index contributed by atoms with van der Waals surface area (Å²) in [6, 6.07) is 8.98. The van der Waals surface area contributed by atoms with Gasteiger partial charge in [-0.2, -0.15) is 5.26 Å². The molecule has 0 bridgehead atoms. The Balaban J connectivity index is 2.40. The Bertz CT molecular complexity index is 740. The van der Waals surface area contributed by atoms with Gasteiger partial charge in [0.1, 0.15) is 0 Å². The van der Waals surface area contributed by atoms with Crippen molar-refractivity contribution in [3.63, 3.8) is 0 Å². The van der Waals surface area contributed by atoms with Crippen molar-refractivity contribution in [2.24, 2.45) is 0 Å². The van der Waals surface area contributed by atoms with Crippen LogP contribution >= 0.6 is 15.9 Å². The largest absolute Gasteiger partial charge is 0.328 e. The van der Waals surface area contributed by atoms with Crippen LogP contribution in [0.3, 0.4) is 0 Å². The fourth-order valence-corrected chi connectivity index (χ4v) is 1.88. The molecule has 90 valence electrons. The van der Waals surface area contributed by atoms with Crippen LogP contribution in [0.1, 0.15) is 11.1 Å². The topological polar surface area (TPSA) is 78.7 Å². The van der Waals surface area contributed by atoms with E-state index in [4.69, 9.17) is 5.26 Å². The number of nitrogens with zero attached hydrogens (tertiary/aromatic N) is 2. The molecule has 6 heteroatoms. The summed E-state index contributed by atoms with van der Waals surface area (Å²) in [5.74, 6) is 0. The first-order valence-electron chi connectivity index (χ1n) is 5.08. The van der Waals surface area contributed by atoms with Crippen LogP contribution in [0.2, 0.25) is 0 Å². The van der Waals surface area contributed by atoms with Gasteiger partial charge >= 0.3 is 5.69 Å². The van der Waals surface area contributed by atoms with Gasteiger partial charge in [-0.15, -0.1) is 0 Å². The number of aromatic amines is 1. The van der Waals surface area contributed by atoms with Crippen molar-refractivity contribution >= 4 is 15.9 Å². The second-order valence-electron chi connectivity index (χ2n) is 3.68. The lowest BCUT2D eigenvalue weighted by Gasteiger charge is -2.05. The first-order valence-corrected chi connectivity index (χ1v) is 5.88. The second-order valence-corrected chi connectivity index (χ2v) is 4.53. The quantitative estimate of drug-likeness (QED) is 0.906. The number of rotatable bonds is 2. The minimum atomic E-state index is -0.481. The van der Waals surface area contributed by atoms with Gasteiger partial charge in [-0.05, 0) is 33.6 Å². The molecule has 1 aromatic heterocycles. The van der Waals surface area contributed by atoms with Gasteiger partial charge < -0.3 is 0 Å². The fraction of sp³-hybridized carbons (Fsp3) is 0.0833. The summed E-state index contributed by atoms with van der Waals surface area (Å²) in [6.07, 6.45) is 1.43. The van der Waals surface area contributed by atoms with E-state index in [0.717, 1.165) is 5.56 Å². The predicted molar refractivity (Wildman–Crippen MR) is 69.3 cm³/mol. The molecule has 0 atom stereocenters. The molecule has 0 saturated carbocycles. The Labute approximate surface area is 110 Å². The van der Waals surface area contributed by atoms with E-state index in [-0.39, 0.29) is 0 Å². The van der Waals surface area contributed by atoms with Gasteiger partial charge in [0.2, 0.25) is 0 Å². The zero-order valence-electron chi connectivity index (χ0n) is 9.18. The van der Waals surface area contributed by atoms with Crippen LogP contribution < -0.4 is 11.2 Å². The van der Waals surface area contributed by atoms with E-state index in [9.17, 15) is 9.59 Å². The molecule has 5 nitrogen and oxygen atoms in total. The highest BCUT2D eigenvalue weighted by Gasteiger charge is 2.03. The molecule has 0 fully saturated rings. The van der Waals surface area contributed by atoms with Crippen LogP contribution in [-0.4, -0.2) is 9.55 Å². The van der Waals surface area contributed by atoms with Crippen LogP contribution in [0.15, 0.2) is 44.5 Å². The molecule has 0 aliphatic heterocycles. The van der Waals surface area contributed by atoms with Gasteiger partial charge in [0.25, 0.3) is 5.56 Å². The lowest BCUT2D eigenvalue weighted by atomic mass is 10.1. The zero-order chi connectivity index (χ0) is 13.1. The summed E-state index contributed by atoms with van der Waals surface area (Å²) in [5.41, 5.74) is 0.409. The molecule has 0 unspecified atom stereocenters. The third-order valence-corrected chi connectivity index (χ3v) is 2.94. The summed E-state index contributed by atoms with van der Waals surface area (Å²) in [6.45, 7) is 0.295. The molecular weight excluding hydrogens is 298 g/mol. The molecule has 1 aromatic carbocycles. The second kappa shape index (κ2) is 5.02. The van der Waals surface area contributed by atoms with E-state index in [1.165, 1.54) is 10.8 Å². The van der Waals surface area contributed by atoms with Crippen LogP contribution in [0.5, 0.6) is 0 Å². The number of aromatic nitrogens is 2. The van der Waals surface area contributed by atoms with Crippen molar-refractivity contribution in [3.05, 3.63) is 66.9 Å². The molecule has 0 spiro atoms. The molecule has 1 heterocycles. The number of hydrogen-bond donors (Lipinski definition) is 1. The van der Waals surface area contributed by atoms with Gasteiger partial charge in [-0.3, -0.25) is 14.3 Å². The highest BCUT2D eigenvalue weighted by atomic mass is 79.9. The number of hydrogen-bond acceptors (Lipinski definition) is 3. The standard InChI is InChI=1S/C12H8BrN3O2/c13-10-7-16(12(18)15-11(10)17)6-9-3-1-2-8(4-9)5-14/h1-4,7H,6H2,(H,15,17,18). The molecule has 0 saturated heterocycles. The maximum Gasteiger partial charge on any atom is 0.328 e. The maximum atomic E-state index is 11.6. The maximum absolute atomic E-state index is 11.6. The number of nitriles is 1. The third kappa shape index (κ3) is 2.57. The van der Waals surface area contributed by atoms with Crippen molar-refractivity contribution in [2.75, 3.05) is 0 Å². The monoisotopic (exact) mass is 305 g/mol. The summed E-state index contributed by atoms with van der Waals surface area (Å²) < 4.78 is 1.65. The van der Waals surface area contributed by atoms with Gasteiger partial charge in [-0.25, -0.2) is 4.79 Å². The van der Waals surface area contributed by atoms with E-state index in [1.807, 2.05) is 12.1 Å². The van der Waals surface area contributed by atoms with E-state index >= 15 is 0 Å². The lowest BCUT2D eigenvalue weighted by molar-refractivity contribution is 0.716. The Kier molecular flexibility index (Phi) is 3.44. The van der Waals surface area contributed by atoms with Crippen molar-refractivity contribution in [1.82, 2.24) is 9.55 Å². The smallest absolute Gasteiger partial charge is 0.295 e. The summed E-state index contributed by atoms with van der Waals surface area (Å²) >= 11 is 3.07. The average Bonchev–Trinajstić information content (AvgIpc) is 2.36. The lowest BCUT2D eigenvalue weighted by Crippen LogP contribution is -2.30. The van der Waals surface area contributed by atoms with Gasteiger partial charge in [0.05, 0.1) is 22.7 Å². The van der Waals surface area contributed by atoms with Gasteiger partial charge in [0, 0.05) is 6.20 Å². The van der Waals surface area contributed by atoms with E-state index < -0.39 is 11.2 Å². The number of H-pyrrole nitrogens is 1. The SMILES string of the molecule is N#Cc1cccc(Cn2cc(Br)c(=O)[nH]c2=O)c1. The van der Waals surface area contributed by atoms with Crippen LogP contribution in [0, 0.1) is 11.3 Å². The molecule has 2 aromatic rings. The molecule has 0 amide bonds. The van der Waals surface area contributed by atoms with Gasteiger partial charge in [-0.1, -0.05) is 12.1 Å². The highest BCUT2D eigenvalue weighted by Crippen LogP contribution is 2.06. The van der Waals surface area contributed by atoms with Crippen LogP contribution in [0.25, 0.3) is 0 Å². The fourth-order valence-electron chi connectivity index (χ4n) is 1.54. The Hall–Kier alpha value is -2.13. The van der Waals surface area contributed by atoms with Crippen LogP contribution in [0.4, 0.5) is 0 Å². The molecule has 1 N–H and O–H groups in total. The van der Waals surface area contributed by atoms with Crippen molar-refractivity contribution < 1.29 is 0 Å². The average molecular weight is 306 g/mol. The third-order valence-electron chi connectivity index (χ3n) is 2.38. The predicted octanol–water partition coefficient (Wildman–Crippen LogP) is 1.22. The van der Waals surface area contributed by atoms with Gasteiger partial charge in [0.15, 0.2) is 0 Å². The van der Waals surface area contributed by atoms with E-state index in [0.29, 0.717) is 16.6 Å². The summed E-state index contributed by atoms with van der Waals surface area (Å²) in [4.78, 5) is 25.0. The van der Waals surface area contributed by atoms with Crippen molar-refractivity contribution in [1.29, 1.82) is 5.26 Å². The molecular formula is C12H8BrN3O2.